The minimum absolute atomic E-state index is 0.00403. The molecule has 1 aliphatic heterocycles. The number of aromatic nitrogens is 3. The highest BCUT2D eigenvalue weighted by Gasteiger charge is 2.27. The molecule has 0 unspecified atom stereocenters. The second kappa shape index (κ2) is 8.97. The molecular weight excluding hydrogens is 424 g/mol. The first-order chi connectivity index (χ1) is 14.8. The zero-order valence-corrected chi connectivity index (χ0v) is 18.6. The Kier molecular flexibility index (Phi) is 6.31. The fraction of sp³-hybridized carbons (Fsp3) is 0.476. The van der Waals surface area contributed by atoms with Crippen molar-refractivity contribution in [3.8, 4) is 0 Å². The molecule has 1 fully saturated rings. The Morgan fingerprint density at radius 2 is 2.00 bits per heavy atom. The van der Waals surface area contributed by atoms with Crippen LogP contribution >= 0.6 is 11.3 Å². The van der Waals surface area contributed by atoms with Gasteiger partial charge in [0.2, 0.25) is 0 Å². The van der Waals surface area contributed by atoms with E-state index in [0.29, 0.717) is 41.8 Å². The van der Waals surface area contributed by atoms with E-state index in [1.807, 2.05) is 20.8 Å². The zero-order chi connectivity index (χ0) is 22.1. The highest BCUT2D eigenvalue weighted by molar-refractivity contribution is 7.22. The van der Waals surface area contributed by atoms with Crippen molar-refractivity contribution in [3.63, 3.8) is 0 Å². The van der Waals surface area contributed by atoms with Gasteiger partial charge in [-0.15, -0.1) is 0 Å². The van der Waals surface area contributed by atoms with Crippen molar-refractivity contribution in [1.29, 1.82) is 0 Å². The van der Waals surface area contributed by atoms with Gasteiger partial charge >= 0.3 is 0 Å². The van der Waals surface area contributed by atoms with E-state index < -0.39 is 11.6 Å². The lowest BCUT2D eigenvalue weighted by molar-refractivity contribution is 0.0391. The molecule has 0 atom stereocenters. The lowest BCUT2D eigenvalue weighted by Crippen LogP contribution is -2.43. The number of thiazole rings is 1. The van der Waals surface area contributed by atoms with Gasteiger partial charge in [0.15, 0.2) is 10.9 Å². The molecule has 4 rings (SSSR count). The predicted molar refractivity (Wildman–Crippen MR) is 116 cm³/mol. The minimum atomic E-state index is -0.735. The Balaban J connectivity index is 1.70. The lowest BCUT2D eigenvalue weighted by atomic mass is 10.3. The van der Waals surface area contributed by atoms with Crippen LogP contribution in [0.3, 0.4) is 0 Å². The number of morpholine rings is 1. The molecule has 0 spiro atoms. The second-order valence-corrected chi connectivity index (χ2v) is 8.86. The van der Waals surface area contributed by atoms with Crippen LogP contribution in [0.25, 0.3) is 10.2 Å². The van der Waals surface area contributed by atoms with Crippen LogP contribution in [0.2, 0.25) is 0 Å². The van der Waals surface area contributed by atoms with E-state index >= 15 is 0 Å². The summed E-state index contributed by atoms with van der Waals surface area (Å²) in [6.45, 7) is 9.60. The van der Waals surface area contributed by atoms with E-state index in [-0.39, 0.29) is 17.5 Å². The first-order valence-corrected chi connectivity index (χ1v) is 11.1. The van der Waals surface area contributed by atoms with Gasteiger partial charge in [-0.1, -0.05) is 11.3 Å². The molecule has 10 heteroatoms. The fourth-order valence-corrected chi connectivity index (χ4v) is 4.65. The molecule has 0 N–H and O–H groups in total. The van der Waals surface area contributed by atoms with Gasteiger partial charge in [-0.2, -0.15) is 5.10 Å². The number of benzene rings is 1. The average molecular weight is 450 g/mol. The molecule has 7 nitrogen and oxygen atoms in total. The minimum Gasteiger partial charge on any atom is -0.379 e. The number of carbonyl (C=O) groups excluding carboxylic acids is 1. The molecule has 31 heavy (non-hydrogen) atoms. The number of hydrogen-bond acceptors (Lipinski definition) is 6. The number of hydrogen-bond donors (Lipinski definition) is 0. The Hall–Kier alpha value is -2.43. The Bertz CT molecular complexity index is 1090. The monoisotopic (exact) mass is 449 g/mol. The van der Waals surface area contributed by atoms with E-state index in [1.54, 1.807) is 15.6 Å². The summed E-state index contributed by atoms with van der Waals surface area (Å²) >= 11 is 1.11. The number of rotatable bonds is 6. The summed E-state index contributed by atoms with van der Waals surface area (Å²) in [4.78, 5) is 21.7. The van der Waals surface area contributed by atoms with Gasteiger partial charge < -0.3 is 4.74 Å². The van der Waals surface area contributed by atoms with Crippen LogP contribution in [0.5, 0.6) is 0 Å². The molecule has 3 aromatic rings. The van der Waals surface area contributed by atoms with Crippen molar-refractivity contribution in [3.05, 3.63) is 41.2 Å². The number of amides is 1. The van der Waals surface area contributed by atoms with E-state index in [2.05, 4.69) is 15.0 Å². The van der Waals surface area contributed by atoms with Crippen molar-refractivity contribution < 1.29 is 18.3 Å². The summed E-state index contributed by atoms with van der Waals surface area (Å²) in [7, 11) is 0. The Morgan fingerprint density at radius 3 is 2.71 bits per heavy atom. The predicted octanol–water partition coefficient (Wildman–Crippen LogP) is 3.64. The standard InChI is InChI=1S/C21H25F2N5O2S/c1-13(2)28-17(10-14(3)25-28)20(29)27(5-4-26-6-8-30-9-7-26)21-24-19-16(23)11-15(22)12-18(19)31-21/h10-13H,4-9H2,1-3H3. The molecule has 166 valence electrons. The summed E-state index contributed by atoms with van der Waals surface area (Å²) in [5.41, 5.74) is 1.25. The van der Waals surface area contributed by atoms with Gasteiger partial charge in [0.1, 0.15) is 17.0 Å². The maximum atomic E-state index is 14.3. The van der Waals surface area contributed by atoms with Crippen LogP contribution in [0.4, 0.5) is 13.9 Å². The van der Waals surface area contributed by atoms with Crippen LogP contribution in [0.15, 0.2) is 18.2 Å². The maximum Gasteiger partial charge on any atom is 0.278 e. The number of anilines is 1. The molecule has 0 aliphatic carbocycles. The van der Waals surface area contributed by atoms with Crippen molar-refractivity contribution in [2.75, 3.05) is 44.3 Å². The maximum absolute atomic E-state index is 14.3. The van der Waals surface area contributed by atoms with Gasteiger partial charge in [0.05, 0.1) is 23.6 Å². The van der Waals surface area contributed by atoms with Crippen molar-refractivity contribution in [2.24, 2.45) is 0 Å². The molecule has 0 bridgehead atoms. The van der Waals surface area contributed by atoms with Crippen LogP contribution in [0.1, 0.15) is 36.1 Å². The van der Waals surface area contributed by atoms with Gasteiger partial charge in [0, 0.05) is 38.3 Å². The molecule has 2 aromatic heterocycles. The number of aryl methyl sites for hydroxylation is 1. The van der Waals surface area contributed by atoms with Crippen LogP contribution in [-0.4, -0.2) is 65.0 Å². The number of nitrogens with zero attached hydrogens (tertiary/aromatic N) is 5. The first-order valence-electron chi connectivity index (χ1n) is 10.3. The molecule has 1 aromatic carbocycles. The third-order valence-electron chi connectivity index (χ3n) is 5.19. The highest BCUT2D eigenvalue weighted by atomic mass is 32.1. The van der Waals surface area contributed by atoms with Crippen molar-refractivity contribution >= 4 is 32.6 Å². The van der Waals surface area contributed by atoms with E-state index in [0.717, 1.165) is 36.2 Å². The largest absolute Gasteiger partial charge is 0.379 e. The molecule has 3 heterocycles. The molecule has 0 saturated carbocycles. The Labute approximate surface area is 183 Å². The van der Waals surface area contributed by atoms with E-state index in [1.165, 1.54) is 6.07 Å². The van der Waals surface area contributed by atoms with Gasteiger partial charge in [-0.05, 0) is 32.9 Å². The second-order valence-electron chi connectivity index (χ2n) is 7.85. The first kappa shape index (κ1) is 21.8. The SMILES string of the molecule is Cc1cc(C(=O)N(CCN2CCOCC2)c2nc3c(F)cc(F)cc3s2)n(C(C)C)n1. The summed E-state index contributed by atoms with van der Waals surface area (Å²) in [6.07, 6.45) is 0. The molecular formula is C21H25F2N5O2S. The molecule has 1 amide bonds. The third kappa shape index (κ3) is 4.60. The van der Waals surface area contributed by atoms with E-state index in [9.17, 15) is 13.6 Å². The zero-order valence-electron chi connectivity index (χ0n) is 17.8. The Morgan fingerprint density at radius 1 is 1.26 bits per heavy atom. The summed E-state index contributed by atoms with van der Waals surface area (Å²) in [5, 5.41) is 4.78. The van der Waals surface area contributed by atoms with Crippen LogP contribution in [-0.2, 0) is 4.74 Å². The average Bonchev–Trinajstić information content (AvgIpc) is 3.32. The van der Waals surface area contributed by atoms with Crippen molar-refractivity contribution in [2.45, 2.75) is 26.8 Å². The number of fused-ring (bicyclic) bond motifs is 1. The van der Waals surface area contributed by atoms with Gasteiger partial charge in [-0.3, -0.25) is 19.3 Å². The number of halogens is 2. The number of ether oxygens (including phenoxy) is 1. The van der Waals surface area contributed by atoms with Gasteiger partial charge in [0.25, 0.3) is 5.91 Å². The quantitative estimate of drug-likeness (QED) is 0.575. The highest BCUT2D eigenvalue weighted by Crippen LogP contribution is 2.32. The van der Waals surface area contributed by atoms with Crippen LogP contribution in [0, 0.1) is 18.6 Å². The summed E-state index contributed by atoms with van der Waals surface area (Å²) in [5.74, 6) is -1.66. The summed E-state index contributed by atoms with van der Waals surface area (Å²) in [6, 6.07) is 3.79. The molecule has 1 aliphatic rings. The van der Waals surface area contributed by atoms with Gasteiger partial charge in [-0.25, -0.2) is 13.8 Å². The molecule has 0 radical (unpaired) electrons. The summed E-state index contributed by atoms with van der Waals surface area (Å²) < 4.78 is 35.4. The number of carbonyl (C=O) groups is 1. The third-order valence-corrected chi connectivity index (χ3v) is 6.21. The topological polar surface area (TPSA) is 63.5 Å². The van der Waals surface area contributed by atoms with Crippen LogP contribution < -0.4 is 4.90 Å². The normalized spacial score (nSPS) is 15.2. The fourth-order valence-electron chi connectivity index (χ4n) is 3.62. The smallest absolute Gasteiger partial charge is 0.278 e. The molecule has 1 saturated heterocycles. The van der Waals surface area contributed by atoms with Crippen molar-refractivity contribution in [1.82, 2.24) is 19.7 Å². The lowest BCUT2D eigenvalue weighted by Gasteiger charge is -2.29. The van der Waals surface area contributed by atoms with E-state index in [4.69, 9.17) is 4.74 Å².